The topological polar surface area (TPSA) is 124 Å². The third-order valence-electron chi connectivity index (χ3n) is 2.48. The highest BCUT2D eigenvalue weighted by atomic mass is 16.4. The third kappa shape index (κ3) is 17.5. The van der Waals surface area contributed by atoms with Gasteiger partial charge in [-0.3, -0.25) is 0 Å². The van der Waals surface area contributed by atoms with Gasteiger partial charge in [-0.15, -0.1) is 0 Å². The van der Waals surface area contributed by atoms with E-state index in [1.165, 1.54) is 25.7 Å². The third-order valence-corrected chi connectivity index (χ3v) is 2.48. The summed E-state index contributed by atoms with van der Waals surface area (Å²) in [5.41, 5.74) is 4.03. The molecule has 2 atom stereocenters. The normalized spacial score (nSPS) is 13.3. The predicted molar refractivity (Wildman–Crippen MR) is 69.3 cm³/mol. The lowest BCUT2D eigenvalue weighted by atomic mass is 10.0. The van der Waals surface area contributed by atoms with Crippen LogP contribution in [-0.2, 0) is 0 Å². The molecule has 0 rings (SSSR count). The first-order chi connectivity index (χ1) is 8.45. The molecule has 0 fully saturated rings. The fourth-order valence-electron chi connectivity index (χ4n) is 1.45. The second-order valence-electron chi connectivity index (χ2n) is 4.21. The zero-order chi connectivity index (χ0) is 14.4. The molecule has 6 nitrogen and oxygen atoms in total. The molecule has 0 saturated carbocycles. The van der Waals surface area contributed by atoms with E-state index in [0.29, 0.717) is 6.42 Å². The lowest BCUT2D eigenvalue weighted by Gasteiger charge is -2.14. The van der Waals surface area contributed by atoms with Crippen LogP contribution in [0.5, 0.6) is 0 Å². The molecule has 0 aromatic carbocycles. The molecule has 110 valence electrons. The fraction of sp³-hybridized carbons (Fsp3) is 0.917. The van der Waals surface area contributed by atoms with Gasteiger partial charge in [-0.05, 0) is 6.42 Å². The summed E-state index contributed by atoms with van der Waals surface area (Å²) in [4.78, 5) is 8.78. The number of primary amides is 1. The van der Waals surface area contributed by atoms with Gasteiger partial charge in [-0.25, -0.2) is 4.79 Å². The maximum Gasteiger partial charge on any atom is 0.402 e. The Bertz CT molecular complexity index is 185. The van der Waals surface area contributed by atoms with Gasteiger partial charge in [-0.1, -0.05) is 45.4 Å². The highest BCUT2D eigenvalue weighted by molar-refractivity contribution is 5.61. The minimum atomic E-state index is -1.33. The number of hydrogen-bond acceptors (Lipinski definition) is 4. The van der Waals surface area contributed by atoms with Crippen LogP contribution in [0.4, 0.5) is 4.79 Å². The molecule has 0 aromatic heterocycles. The first-order valence-corrected chi connectivity index (χ1v) is 6.41. The largest absolute Gasteiger partial charge is 0.465 e. The number of unbranched alkanes of at least 4 members (excludes halogenated alkanes) is 5. The van der Waals surface area contributed by atoms with E-state index in [4.69, 9.17) is 20.1 Å². The van der Waals surface area contributed by atoms with Gasteiger partial charge in [0.05, 0.1) is 12.7 Å². The van der Waals surface area contributed by atoms with Crippen LogP contribution in [0.3, 0.4) is 0 Å². The monoisotopic (exact) mass is 265 g/mol. The molecule has 0 saturated heterocycles. The van der Waals surface area contributed by atoms with Crippen LogP contribution in [-0.4, -0.2) is 45.3 Å². The molecule has 0 bridgehead atoms. The number of carboxylic acid groups (broad SMARTS) is 1. The van der Waals surface area contributed by atoms with Crippen molar-refractivity contribution in [2.24, 2.45) is 5.73 Å². The predicted octanol–water partition coefficient (Wildman–Crippen LogP) is 1.07. The Morgan fingerprint density at radius 1 is 1.06 bits per heavy atom. The molecule has 0 aromatic rings. The number of hydrogen-bond donors (Lipinski definition) is 5. The Morgan fingerprint density at radius 2 is 1.50 bits per heavy atom. The van der Waals surface area contributed by atoms with Gasteiger partial charge in [0.25, 0.3) is 0 Å². The highest BCUT2D eigenvalue weighted by Crippen LogP contribution is 2.10. The number of rotatable bonds is 9. The van der Waals surface area contributed by atoms with E-state index in [0.717, 1.165) is 12.8 Å². The summed E-state index contributed by atoms with van der Waals surface area (Å²) in [6, 6.07) is 0. The van der Waals surface area contributed by atoms with Crippen LogP contribution in [0.1, 0.15) is 51.9 Å². The Hall–Kier alpha value is -0.850. The highest BCUT2D eigenvalue weighted by Gasteiger charge is 2.13. The molecule has 6 N–H and O–H groups in total. The van der Waals surface area contributed by atoms with Crippen LogP contribution < -0.4 is 5.73 Å². The second-order valence-corrected chi connectivity index (χ2v) is 4.21. The minimum absolute atomic E-state index is 0.350. The summed E-state index contributed by atoms with van der Waals surface area (Å²) in [6.07, 6.45) is 4.56. The SMILES string of the molecule is CCCCCCCCC(O)C(O)CO.NC(=O)O. The van der Waals surface area contributed by atoms with Gasteiger partial charge < -0.3 is 26.2 Å². The molecule has 0 heterocycles. The first-order valence-electron chi connectivity index (χ1n) is 6.41. The van der Waals surface area contributed by atoms with Crippen LogP contribution >= 0.6 is 0 Å². The fourth-order valence-corrected chi connectivity index (χ4v) is 1.45. The van der Waals surface area contributed by atoms with Crippen molar-refractivity contribution in [3.05, 3.63) is 0 Å². The average Bonchev–Trinajstić information content (AvgIpc) is 2.31. The van der Waals surface area contributed by atoms with Crippen molar-refractivity contribution >= 4 is 6.09 Å². The molecule has 1 amide bonds. The van der Waals surface area contributed by atoms with Crippen molar-refractivity contribution in [3.8, 4) is 0 Å². The molecule has 0 radical (unpaired) electrons. The number of aliphatic hydroxyl groups is 3. The van der Waals surface area contributed by atoms with Gasteiger partial charge in [0.2, 0.25) is 0 Å². The minimum Gasteiger partial charge on any atom is -0.465 e. The average molecular weight is 265 g/mol. The number of aliphatic hydroxyl groups excluding tert-OH is 3. The van der Waals surface area contributed by atoms with E-state index < -0.39 is 18.3 Å². The molecule has 18 heavy (non-hydrogen) atoms. The molecule has 6 heteroatoms. The Balaban J connectivity index is 0. The smallest absolute Gasteiger partial charge is 0.402 e. The second kappa shape index (κ2) is 14.2. The molecule has 0 aliphatic rings. The van der Waals surface area contributed by atoms with Crippen LogP contribution in [0.15, 0.2) is 0 Å². The summed E-state index contributed by atoms with van der Waals surface area (Å²) in [6.45, 7) is 1.83. The Labute approximate surface area is 108 Å². The number of nitrogens with two attached hydrogens (primary N) is 1. The molecule has 0 spiro atoms. The molecule has 2 unspecified atom stereocenters. The van der Waals surface area contributed by atoms with Crippen molar-refractivity contribution in [2.45, 2.75) is 64.1 Å². The van der Waals surface area contributed by atoms with Crippen LogP contribution in [0, 0.1) is 0 Å². The summed E-state index contributed by atoms with van der Waals surface area (Å²) in [5.74, 6) is 0. The van der Waals surface area contributed by atoms with E-state index in [2.05, 4.69) is 12.7 Å². The van der Waals surface area contributed by atoms with Crippen LogP contribution in [0.2, 0.25) is 0 Å². The van der Waals surface area contributed by atoms with E-state index >= 15 is 0 Å². The van der Waals surface area contributed by atoms with Crippen LogP contribution in [0.25, 0.3) is 0 Å². The quantitative estimate of drug-likeness (QED) is 0.399. The van der Waals surface area contributed by atoms with E-state index in [1.54, 1.807) is 0 Å². The lowest BCUT2D eigenvalue weighted by Crippen LogP contribution is -2.28. The van der Waals surface area contributed by atoms with E-state index in [9.17, 15) is 5.11 Å². The number of amides is 1. The Kier molecular flexibility index (Phi) is 15.4. The van der Waals surface area contributed by atoms with Gasteiger partial charge in [-0.2, -0.15) is 0 Å². The maximum absolute atomic E-state index is 9.31. The van der Waals surface area contributed by atoms with E-state index in [-0.39, 0.29) is 6.61 Å². The number of carbonyl (C=O) groups is 1. The zero-order valence-electron chi connectivity index (χ0n) is 11.1. The summed E-state index contributed by atoms with van der Waals surface area (Å²) in [5, 5.41) is 34.1. The molecular formula is C12H27NO5. The lowest BCUT2D eigenvalue weighted by molar-refractivity contribution is -0.0185. The van der Waals surface area contributed by atoms with Gasteiger partial charge in [0, 0.05) is 0 Å². The summed E-state index contributed by atoms with van der Waals surface area (Å²) in [7, 11) is 0. The van der Waals surface area contributed by atoms with Crippen molar-refractivity contribution in [1.82, 2.24) is 0 Å². The first kappa shape index (κ1) is 19.5. The molecule has 0 aliphatic heterocycles. The zero-order valence-corrected chi connectivity index (χ0v) is 11.1. The standard InChI is InChI=1S/C11H24O3.CH3NO2/c1-2-3-4-5-6-7-8-10(13)11(14)9-12;2-1(3)4/h10-14H,2-9H2,1H3;2H2,(H,3,4). The van der Waals surface area contributed by atoms with Crippen molar-refractivity contribution in [2.75, 3.05) is 6.61 Å². The Morgan fingerprint density at radius 3 is 1.94 bits per heavy atom. The van der Waals surface area contributed by atoms with Gasteiger partial charge >= 0.3 is 6.09 Å². The van der Waals surface area contributed by atoms with E-state index in [1.807, 2.05) is 0 Å². The van der Waals surface area contributed by atoms with Crippen molar-refractivity contribution in [1.29, 1.82) is 0 Å². The van der Waals surface area contributed by atoms with Gasteiger partial charge in [0.15, 0.2) is 0 Å². The maximum atomic E-state index is 9.31. The molecular weight excluding hydrogens is 238 g/mol. The summed E-state index contributed by atoms with van der Waals surface area (Å²) < 4.78 is 0. The molecule has 0 aliphatic carbocycles. The van der Waals surface area contributed by atoms with Gasteiger partial charge in [0.1, 0.15) is 6.10 Å². The van der Waals surface area contributed by atoms with Crippen molar-refractivity contribution in [3.63, 3.8) is 0 Å². The van der Waals surface area contributed by atoms with Crippen molar-refractivity contribution < 1.29 is 25.2 Å². The summed E-state index contributed by atoms with van der Waals surface area (Å²) >= 11 is 0.